The number of esters is 1. The van der Waals surface area contributed by atoms with Crippen molar-refractivity contribution in [2.75, 3.05) is 0 Å². The number of sulfonamides is 1. The molecule has 2 aromatic rings. The van der Waals surface area contributed by atoms with Crippen LogP contribution in [0, 0.1) is 0 Å². The quantitative estimate of drug-likeness (QED) is 0.453. The van der Waals surface area contributed by atoms with E-state index in [0.717, 1.165) is 10.9 Å². The van der Waals surface area contributed by atoms with Gasteiger partial charge in [-0.3, -0.25) is 9.59 Å². The molecule has 0 fully saturated rings. The minimum atomic E-state index is -4.00. The van der Waals surface area contributed by atoms with Crippen LogP contribution in [0.5, 0.6) is 0 Å². The van der Waals surface area contributed by atoms with Crippen LogP contribution >= 0.6 is 27.3 Å². The highest BCUT2D eigenvalue weighted by Crippen LogP contribution is 2.23. The molecule has 3 N–H and O–H groups in total. The van der Waals surface area contributed by atoms with Crippen LogP contribution in [0.15, 0.2) is 39.7 Å². The first kappa shape index (κ1) is 22.2. The molecule has 0 aliphatic heterocycles. The molecule has 150 valence electrons. The minimum Gasteiger partial charge on any atom is -0.451 e. The van der Waals surface area contributed by atoms with Crippen molar-refractivity contribution < 1.29 is 27.5 Å². The van der Waals surface area contributed by atoms with Gasteiger partial charge >= 0.3 is 5.97 Å². The number of nitrogens with one attached hydrogen (secondary N) is 1. The van der Waals surface area contributed by atoms with Gasteiger partial charge in [0.25, 0.3) is 0 Å². The van der Waals surface area contributed by atoms with Crippen molar-refractivity contribution in [1.29, 1.82) is 0 Å². The molecular weight excluding hydrogens is 472 g/mol. The maximum atomic E-state index is 12.5. The Hall–Kier alpha value is -2.08. The summed E-state index contributed by atoms with van der Waals surface area (Å²) in [5, 5.41) is 7.70. The number of carbonyl (C=O) groups is 3. The lowest BCUT2D eigenvalue weighted by molar-refractivity contribution is -0.119. The van der Waals surface area contributed by atoms with Gasteiger partial charge in [0, 0.05) is 16.3 Å². The van der Waals surface area contributed by atoms with Crippen LogP contribution in [0.2, 0.25) is 0 Å². The van der Waals surface area contributed by atoms with Gasteiger partial charge in [-0.2, -0.15) is 0 Å². The van der Waals surface area contributed by atoms with Crippen LogP contribution in [0.3, 0.4) is 0 Å². The van der Waals surface area contributed by atoms with Crippen molar-refractivity contribution in [2.24, 2.45) is 5.14 Å². The van der Waals surface area contributed by atoms with Crippen molar-refractivity contribution in [1.82, 2.24) is 5.32 Å². The molecule has 2 rings (SSSR count). The van der Waals surface area contributed by atoms with Gasteiger partial charge in [0.1, 0.15) is 0 Å². The van der Waals surface area contributed by atoms with Gasteiger partial charge in [-0.25, -0.2) is 18.4 Å². The number of nitrogens with two attached hydrogens (primary N) is 1. The van der Waals surface area contributed by atoms with E-state index in [2.05, 4.69) is 21.2 Å². The highest BCUT2D eigenvalue weighted by Gasteiger charge is 2.24. The van der Waals surface area contributed by atoms with E-state index in [-0.39, 0.29) is 16.4 Å². The number of hydrogen-bond donors (Lipinski definition) is 2. The topological polar surface area (TPSA) is 133 Å². The molecule has 1 unspecified atom stereocenters. The van der Waals surface area contributed by atoms with Gasteiger partial charge in [0.05, 0.1) is 21.9 Å². The van der Waals surface area contributed by atoms with Gasteiger partial charge in [0.2, 0.25) is 21.7 Å². The normalized spacial score (nSPS) is 12.3. The summed E-state index contributed by atoms with van der Waals surface area (Å²) >= 11 is 4.33. The van der Waals surface area contributed by atoms with Crippen molar-refractivity contribution in [3.8, 4) is 0 Å². The van der Waals surface area contributed by atoms with Crippen molar-refractivity contribution >= 4 is 54.9 Å². The first-order valence-electron chi connectivity index (χ1n) is 7.89. The van der Waals surface area contributed by atoms with Crippen LogP contribution in [-0.2, 0) is 26.1 Å². The standard InChI is InChI=1S/C17H17BrN2O6S2/c1-9(16(22)15-6-3-11(27-15)8-20-10(2)21)26-17(23)13-7-12(28(19,24)25)4-5-14(13)18/h3-7,9H,8H2,1-2H3,(H,20,21)(H2,19,24,25). The summed E-state index contributed by atoms with van der Waals surface area (Å²) in [6.07, 6.45) is -1.09. The fourth-order valence-corrected chi connectivity index (χ4v) is 4.05. The largest absolute Gasteiger partial charge is 0.451 e. The van der Waals surface area contributed by atoms with E-state index < -0.39 is 27.9 Å². The summed E-state index contributed by atoms with van der Waals surface area (Å²) in [5.41, 5.74) is -0.0660. The van der Waals surface area contributed by atoms with Gasteiger partial charge in [-0.05, 0) is 53.2 Å². The highest BCUT2D eigenvalue weighted by molar-refractivity contribution is 9.10. The Balaban J connectivity index is 2.12. The molecule has 1 atom stereocenters. The maximum absolute atomic E-state index is 12.5. The molecule has 0 bridgehead atoms. The summed E-state index contributed by atoms with van der Waals surface area (Å²) in [5.74, 6) is -1.46. The molecule has 0 spiro atoms. The number of ether oxygens (including phenoxy) is 1. The van der Waals surface area contributed by atoms with Crippen molar-refractivity contribution in [2.45, 2.75) is 31.4 Å². The Kier molecular flexibility index (Phi) is 7.10. The molecule has 0 radical (unpaired) electrons. The van der Waals surface area contributed by atoms with Crippen LogP contribution < -0.4 is 10.5 Å². The predicted molar refractivity (Wildman–Crippen MR) is 107 cm³/mol. The average molecular weight is 489 g/mol. The Labute approximate surface area is 174 Å². The number of hydrogen-bond acceptors (Lipinski definition) is 7. The van der Waals surface area contributed by atoms with Crippen LogP contribution in [-0.4, -0.2) is 32.2 Å². The number of halogens is 1. The first-order valence-corrected chi connectivity index (χ1v) is 11.1. The monoisotopic (exact) mass is 488 g/mol. The number of amides is 1. The smallest absolute Gasteiger partial charge is 0.340 e. The molecule has 1 heterocycles. The van der Waals surface area contributed by atoms with Gasteiger partial charge in [-0.15, -0.1) is 11.3 Å². The van der Waals surface area contributed by atoms with E-state index in [1.54, 1.807) is 12.1 Å². The van der Waals surface area contributed by atoms with E-state index >= 15 is 0 Å². The van der Waals surface area contributed by atoms with Crippen LogP contribution in [0.4, 0.5) is 0 Å². The SMILES string of the molecule is CC(=O)NCc1ccc(C(=O)C(C)OC(=O)c2cc(S(N)(=O)=O)ccc2Br)s1. The molecule has 1 aromatic heterocycles. The molecule has 0 saturated heterocycles. The zero-order valence-electron chi connectivity index (χ0n) is 14.9. The lowest BCUT2D eigenvalue weighted by Gasteiger charge is -2.13. The number of benzene rings is 1. The molecule has 1 amide bonds. The molecule has 0 aliphatic carbocycles. The molecule has 0 aliphatic rings. The molecular formula is C17H17BrN2O6S2. The number of Topliss-reactive ketones (excluding diaryl/α,β-unsaturated/α-hetero) is 1. The molecule has 11 heteroatoms. The second-order valence-corrected chi connectivity index (χ2v) is 9.36. The lowest BCUT2D eigenvalue weighted by Crippen LogP contribution is -2.24. The minimum absolute atomic E-state index is 0.0660. The predicted octanol–water partition coefficient (Wildman–Crippen LogP) is 2.22. The van der Waals surface area contributed by atoms with E-state index in [9.17, 15) is 22.8 Å². The van der Waals surface area contributed by atoms with E-state index in [1.807, 2.05) is 0 Å². The van der Waals surface area contributed by atoms with Gasteiger partial charge in [0.15, 0.2) is 6.10 Å². The zero-order chi connectivity index (χ0) is 21.1. The fourth-order valence-electron chi connectivity index (χ4n) is 2.13. The Bertz CT molecular complexity index is 1030. The molecule has 8 nitrogen and oxygen atoms in total. The number of ketones is 1. The zero-order valence-corrected chi connectivity index (χ0v) is 18.1. The highest BCUT2D eigenvalue weighted by atomic mass is 79.9. The maximum Gasteiger partial charge on any atom is 0.340 e. The summed E-state index contributed by atoms with van der Waals surface area (Å²) in [6, 6.07) is 6.97. The number of thiophene rings is 1. The summed E-state index contributed by atoms with van der Waals surface area (Å²) in [7, 11) is -4.00. The molecule has 1 aromatic carbocycles. The number of carbonyl (C=O) groups excluding carboxylic acids is 3. The van der Waals surface area contributed by atoms with E-state index in [4.69, 9.17) is 9.88 Å². The first-order chi connectivity index (χ1) is 13.0. The summed E-state index contributed by atoms with van der Waals surface area (Å²) < 4.78 is 28.4. The Morgan fingerprint density at radius 3 is 2.54 bits per heavy atom. The number of rotatable bonds is 7. The third-order valence-electron chi connectivity index (χ3n) is 3.56. The van der Waals surface area contributed by atoms with E-state index in [0.29, 0.717) is 15.9 Å². The van der Waals surface area contributed by atoms with Crippen molar-refractivity contribution in [3.63, 3.8) is 0 Å². The number of primary sulfonamides is 1. The van der Waals surface area contributed by atoms with Gasteiger partial charge in [-0.1, -0.05) is 0 Å². The van der Waals surface area contributed by atoms with Crippen molar-refractivity contribution in [3.05, 3.63) is 50.1 Å². The summed E-state index contributed by atoms with van der Waals surface area (Å²) in [4.78, 5) is 36.7. The van der Waals surface area contributed by atoms with Crippen LogP contribution in [0.1, 0.15) is 38.8 Å². The second-order valence-electron chi connectivity index (χ2n) is 5.77. The summed E-state index contributed by atoms with van der Waals surface area (Å²) in [6.45, 7) is 3.11. The molecule has 28 heavy (non-hydrogen) atoms. The second kappa shape index (κ2) is 8.95. The fraction of sp³-hybridized carbons (Fsp3) is 0.235. The third kappa shape index (κ3) is 5.71. The Morgan fingerprint density at radius 1 is 1.25 bits per heavy atom. The molecule has 0 saturated carbocycles. The third-order valence-corrected chi connectivity index (χ3v) is 6.26. The lowest BCUT2D eigenvalue weighted by atomic mass is 10.2. The van der Waals surface area contributed by atoms with Crippen LogP contribution in [0.25, 0.3) is 0 Å². The van der Waals surface area contributed by atoms with E-state index in [1.165, 1.54) is 37.3 Å². The van der Waals surface area contributed by atoms with Gasteiger partial charge < -0.3 is 10.1 Å². The average Bonchev–Trinajstić information content (AvgIpc) is 3.07. The Morgan fingerprint density at radius 2 is 1.93 bits per heavy atom.